The predicted molar refractivity (Wildman–Crippen MR) is 152 cm³/mol. The normalized spacial score (nSPS) is 18.4. The number of aromatic carboxylic acids is 1. The van der Waals surface area contributed by atoms with Crippen molar-refractivity contribution in [3.8, 4) is 16.9 Å². The van der Waals surface area contributed by atoms with Crippen LogP contribution in [0.4, 0.5) is 10.6 Å². The van der Waals surface area contributed by atoms with Gasteiger partial charge in [0.1, 0.15) is 11.9 Å². The Hall–Kier alpha value is -4.47. The van der Waals surface area contributed by atoms with Crippen LogP contribution in [0.15, 0.2) is 84.9 Å². The van der Waals surface area contributed by atoms with Crippen LogP contribution in [0.3, 0.4) is 0 Å². The maximum absolute atomic E-state index is 13.5. The minimum absolute atomic E-state index is 0.0348. The van der Waals surface area contributed by atoms with Gasteiger partial charge in [-0.25, -0.2) is 14.3 Å². The van der Waals surface area contributed by atoms with Crippen LogP contribution < -0.4 is 10.6 Å². The van der Waals surface area contributed by atoms with E-state index in [4.69, 9.17) is 14.6 Å². The quantitative estimate of drug-likeness (QED) is 0.255. The fourth-order valence-electron chi connectivity index (χ4n) is 5.04. The molecule has 9 nitrogen and oxygen atoms in total. The fraction of sp³-hybridized carbons (Fsp3) is 0.258. The number of carbonyl (C=O) groups is 2. The summed E-state index contributed by atoms with van der Waals surface area (Å²) in [5.41, 5.74) is 4.11. The van der Waals surface area contributed by atoms with Crippen molar-refractivity contribution in [3.05, 3.63) is 102 Å². The molecule has 1 aliphatic heterocycles. The number of carbonyl (C=O) groups excluding carboxylic acids is 1. The maximum atomic E-state index is 13.5. The van der Waals surface area contributed by atoms with Crippen LogP contribution in [0, 0.1) is 6.92 Å². The second-order valence-electron chi connectivity index (χ2n) is 9.76. The van der Waals surface area contributed by atoms with Gasteiger partial charge < -0.3 is 19.9 Å². The van der Waals surface area contributed by atoms with E-state index in [1.165, 1.54) is 0 Å². The average molecular weight is 541 g/mol. The van der Waals surface area contributed by atoms with E-state index < -0.39 is 5.97 Å². The summed E-state index contributed by atoms with van der Waals surface area (Å²) >= 11 is 0. The number of methoxy groups -OCH3 is 1. The maximum Gasteiger partial charge on any atom is 0.335 e. The number of rotatable bonds is 9. The molecule has 206 valence electrons. The second kappa shape index (κ2) is 12.1. The topological polar surface area (TPSA) is 115 Å². The molecule has 3 N–H and O–H groups in total. The standard InChI is InChI=1S/C31H32N4O5/c1-20-27(21-13-15-23(16-14-21)30(36)37)34-35(24-11-7-4-8-12-24)29(20)33-31(38)32-26-19-25(17-18-39-2)40-28(26)22-9-5-3-6-10-22/h3-16,25-26,28H,17-19H2,1-2H3,(H,36,37)(H2,32,33,38)/t25?,26-,28+/m1/s1. The molecule has 4 aromatic rings. The first-order valence-corrected chi connectivity index (χ1v) is 13.2. The molecule has 0 bridgehead atoms. The predicted octanol–water partition coefficient (Wildman–Crippen LogP) is 5.60. The highest BCUT2D eigenvalue weighted by atomic mass is 16.5. The van der Waals surface area contributed by atoms with Gasteiger partial charge in [0.2, 0.25) is 0 Å². The first-order valence-electron chi connectivity index (χ1n) is 13.2. The molecule has 1 aromatic heterocycles. The van der Waals surface area contributed by atoms with E-state index >= 15 is 0 Å². The lowest BCUT2D eigenvalue weighted by Crippen LogP contribution is -2.40. The van der Waals surface area contributed by atoms with Gasteiger partial charge in [-0.05, 0) is 49.6 Å². The zero-order valence-corrected chi connectivity index (χ0v) is 22.4. The molecule has 3 aromatic carbocycles. The number of urea groups is 1. The molecule has 5 rings (SSSR count). The van der Waals surface area contributed by atoms with E-state index in [1.807, 2.05) is 67.6 Å². The van der Waals surface area contributed by atoms with Gasteiger partial charge in [-0.2, -0.15) is 5.10 Å². The van der Waals surface area contributed by atoms with Crippen LogP contribution in [0.25, 0.3) is 16.9 Å². The Morgan fingerprint density at radius 3 is 2.35 bits per heavy atom. The smallest absolute Gasteiger partial charge is 0.335 e. The number of para-hydroxylation sites is 1. The Morgan fingerprint density at radius 2 is 1.70 bits per heavy atom. The number of carboxylic acids is 1. The Morgan fingerprint density at radius 1 is 1.02 bits per heavy atom. The summed E-state index contributed by atoms with van der Waals surface area (Å²) in [6, 6.07) is 25.3. The molecule has 3 atom stereocenters. The van der Waals surface area contributed by atoms with E-state index in [0.717, 1.165) is 28.8 Å². The zero-order chi connectivity index (χ0) is 28.1. The minimum Gasteiger partial charge on any atom is -0.478 e. The molecule has 0 radical (unpaired) electrons. The van der Waals surface area contributed by atoms with Crippen molar-refractivity contribution >= 4 is 17.8 Å². The highest BCUT2D eigenvalue weighted by Crippen LogP contribution is 2.35. The van der Waals surface area contributed by atoms with E-state index in [-0.39, 0.29) is 29.8 Å². The van der Waals surface area contributed by atoms with Crippen LogP contribution in [0.1, 0.15) is 40.4 Å². The molecule has 9 heteroatoms. The number of carboxylic acid groups (broad SMARTS) is 1. The number of anilines is 1. The number of benzene rings is 3. The first-order chi connectivity index (χ1) is 19.4. The van der Waals surface area contributed by atoms with Gasteiger partial charge in [0, 0.05) is 24.8 Å². The Kier molecular flexibility index (Phi) is 8.23. The Bertz CT molecular complexity index is 1450. The number of aromatic nitrogens is 2. The van der Waals surface area contributed by atoms with E-state index in [1.54, 1.807) is 36.1 Å². The van der Waals surface area contributed by atoms with Gasteiger partial charge in [0.05, 0.1) is 29.1 Å². The van der Waals surface area contributed by atoms with Crippen LogP contribution in [0.5, 0.6) is 0 Å². The van der Waals surface area contributed by atoms with Crippen molar-refractivity contribution in [1.82, 2.24) is 15.1 Å². The molecular weight excluding hydrogens is 508 g/mol. The van der Waals surface area contributed by atoms with E-state index in [0.29, 0.717) is 24.5 Å². The van der Waals surface area contributed by atoms with Crippen LogP contribution >= 0.6 is 0 Å². The highest BCUT2D eigenvalue weighted by molar-refractivity contribution is 5.91. The third-order valence-electron chi connectivity index (χ3n) is 7.07. The molecule has 2 amide bonds. The van der Waals surface area contributed by atoms with E-state index in [2.05, 4.69) is 10.6 Å². The van der Waals surface area contributed by atoms with E-state index in [9.17, 15) is 14.7 Å². The molecule has 1 fully saturated rings. The van der Waals surface area contributed by atoms with Crippen LogP contribution in [0.2, 0.25) is 0 Å². The summed E-state index contributed by atoms with van der Waals surface area (Å²) in [6.45, 7) is 2.46. The summed E-state index contributed by atoms with van der Waals surface area (Å²) in [5, 5.41) is 20.2. The Balaban J connectivity index is 1.42. The average Bonchev–Trinajstić information content (AvgIpc) is 3.53. The van der Waals surface area contributed by atoms with Gasteiger partial charge in [-0.15, -0.1) is 0 Å². The van der Waals surface area contributed by atoms with Crippen molar-refractivity contribution in [2.75, 3.05) is 19.0 Å². The SMILES string of the molecule is COCCC1C[C@@H](NC(=O)Nc2c(C)c(-c3ccc(C(=O)O)cc3)nn2-c2ccccc2)[C@H](c2ccccc2)O1. The lowest BCUT2D eigenvalue weighted by Gasteiger charge is -2.21. The lowest BCUT2D eigenvalue weighted by molar-refractivity contribution is 0.0212. The summed E-state index contributed by atoms with van der Waals surface area (Å²) in [5.74, 6) is -0.474. The van der Waals surface area contributed by atoms with Crippen LogP contribution in [-0.2, 0) is 9.47 Å². The fourth-order valence-corrected chi connectivity index (χ4v) is 5.04. The van der Waals surface area contributed by atoms with Gasteiger partial charge in [-0.3, -0.25) is 5.32 Å². The van der Waals surface area contributed by atoms with Gasteiger partial charge in [-0.1, -0.05) is 60.7 Å². The number of hydrogen-bond acceptors (Lipinski definition) is 5. The molecule has 40 heavy (non-hydrogen) atoms. The number of amides is 2. The molecule has 1 saturated heterocycles. The monoisotopic (exact) mass is 540 g/mol. The van der Waals surface area contributed by atoms with Crippen molar-refractivity contribution in [3.63, 3.8) is 0 Å². The number of nitrogens with zero attached hydrogens (tertiary/aromatic N) is 2. The number of nitrogens with one attached hydrogen (secondary N) is 2. The number of ether oxygens (including phenoxy) is 2. The molecule has 1 aliphatic rings. The zero-order valence-electron chi connectivity index (χ0n) is 22.4. The highest BCUT2D eigenvalue weighted by Gasteiger charge is 2.37. The molecular formula is C31H32N4O5. The van der Waals surface area contributed by atoms with Gasteiger partial charge in [0.25, 0.3) is 0 Å². The minimum atomic E-state index is -0.994. The van der Waals surface area contributed by atoms with Gasteiger partial charge in [0.15, 0.2) is 0 Å². The second-order valence-corrected chi connectivity index (χ2v) is 9.76. The first kappa shape index (κ1) is 27.1. The summed E-state index contributed by atoms with van der Waals surface area (Å²) < 4.78 is 13.3. The molecule has 2 heterocycles. The Labute approximate surface area is 232 Å². The molecule has 0 saturated carbocycles. The number of hydrogen-bond donors (Lipinski definition) is 3. The van der Waals surface area contributed by atoms with Crippen molar-refractivity contribution in [2.45, 2.75) is 38.0 Å². The third kappa shape index (κ3) is 5.90. The summed E-state index contributed by atoms with van der Waals surface area (Å²) in [4.78, 5) is 24.8. The third-order valence-corrected chi connectivity index (χ3v) is 7.07. The van der Waals surface area contributed by atoms with Crippen LogP contribution in [-0.4, -0.2) is 52.7 Å². The van der Waals surface area contributed by atoms with Crippen molar-refractivity contribution < 1.29 is 24.2 Å². The summed E-state index contributed by atoms with van der Waals surface area (Å²) in [6.07, 6.45) is 1.09. The molecule has 0 spiro atoms. The van der Waals surface area contributed by atoms with Gasteiger partial charge >= 0.3 is 12.0 Å². The summed E-state index contributed by atoms with van der Waals surface area (Å²) in [7, 11) is 1.67. The molecule has 0 aliphatic carbocycles. The van der Waals surface area contributed by atoms with Crippen molar-refractivity contribution in [2.24, 2.45) is 0 Å². The lowest BCUT2D eigenvalue weighted by atomic mass is 10.0. The van der Waals surface area contributed by atoms with Crippen molar-refractivity contribution in [1.29, 1.82) is 0 Å². The largest absolute Gasteiger partial charge is 0.478 e. The molecule has 1 unspecified atom stereocenters.